The highest BCUT2D eigenvalue weighted by Gasteiger charge is 2.29. The Hall–Kier alpha value is -1.63. The van der Waals surface area contributed by atoms with Crippen LogP contribution in [-0.2, 0) is 14.4 Å². The zero-order valence-corrected chi connectivity index (χ0v) is 11.6. The molecule has 7 heteroatoms. The van der Waals surface area contributed by atoms with Gasteiger partial charge in [0.2, 0.25) is 5.91 Å². The Balaban J connectivity index is 2.52. The van der Waals surface area contributed by atoms with E-state index in [1.165, 1.54) is 0 Å². The van der Waals surface area contributed by atoms with Gasteiger partial charge in [0.25, 0.3) is 0 Å². The van der Waals surface area contributed by atoms with Gasteiger partial charge in [-0.1, -0.05) is 13.3 Å². The average molecular weight is 286 g/mol. The summed E-state index contributed by atoms with van der Waals surface area (Å²) in [6.45, 7) is 2.81. The van der Waals surface area contributed by atoms with E-state index in [-0.39, 0.29) is 24.8 Å². The number of piperidine rings is 1. The van der Waals surface area contributed by atoms with Crippen LogP contribution in [0.5, 0.6) is 0 Å². The van der Waals surface area contributed by atoms with E-state index < -0.39 is 18.0 Å². The van der Waals surface area contributed by atoms with Crippen LogP contribution in [0, 0.1) is 5.92 Å². The second-order valence-corrected chi connectivity index (χ2v) is 5.14. The number of carboxylic acids is 2. The van der Waals surface area contributed by atoms with Crippen molar-refractivity contribution in [1.82, 2.24) is 10.6 Å². The minimum absolute atomic E-state index is 0.111. The Labute approximate surface area is 117 Å². The van der Waals surface area contributed by atoms with Crippen molar-refractivity contribution in [3.05, 3.63) is 0 Å². The number of hydrogen-bond donors (Lipinski definition) is 4. The lowest BCUT2D eigenvalue weighted by molar-refractivity contribution is -0.143. The molecule has 1 heterocycles. The second-order valence-electron chi connectivity index (χ2n) is 5.14. The molecule has 1 rings (SSSR count). The van der Waals surface area contributed by atoms with Gasteiger partial charge in [-0.2, -0.15) is 0 Å². The smallest absolute Gasteiger partial charge is 0.326 e. The molecular weight excluding hydrogens is 264 g/mol. The SMILES string of the molecule is CCC1CCNC(C(=O)N[C@@H](CCC(=O)O)C(=O)O)C1. The molecule has 7 nitrogen and oxygen atoms in total. The fraction of sp³-hybridized carbons (Fsp3) is 0.769. The van der Waals surface area contributed by atoms with Gasteiger partial charge in [-0.3, -0.25) is 9.59 Å². The Bertz CT molecular complexity index is 372. The Morgan fingerprint density at radius 3 is 2.60 bits per heavy atom. The van der Waals surface area contributed by atoms with Crippen molar-refractivity contribution in [2.75, 3.05) is 6.54 Å². The van der Waals surface area contributed by atoms with Crippen LogP contribution in [0.4, 0.5) is 0 Å². The first kappa shape index (κ1) is 16.4. The number of carbonyl (C=O) groups is 3. The Kier molecular flexibility index (Phi) is 6.44. The van der Waals surface area contributed by atoms with Crippen LogP contribution in [-0.4, -0.2) is 46.7 Å². The molecule has 1 fully saturated rings. The van der Waals surface area contributed by atoms with Crippen LogP contribution in [0.2, 0.25) is 0 Å². The zero-order chi connectivity index (χ0) is 15.1. The van der Waals surface area contributed by atoms with Crippen LogP contribution in [0.1, 0.15) is 39.0 Å². The molecule has 1 aliphatic rings. The molecule has 0 aliphatic carbocycles. The lowest BCUT2D eigenvalue weighted by Gasteiger charge is -2.29. The van der Waals surface area contributed by atoms with E-state index in [0.717, 1.165) is 19.4 Å². The summed E-state index contributed by atoms with van der Waals surface area (Å²) in [4.78, 5) is 33.5. The summed E-state index contributed by atoms with van der Waals surface area (Å²) >= 11 is 0. The highest BCUT2D eigenvalue weighted by molar-refractivity contribution is 5.87. The molecule has 3 atom stereocenters. The molecule has 2 unspecified atom stereocenters. The third-order valence-electron chi connectivity index (χ3n) is 3.67. The van der Waals surface area contributed by atoms with E-state index in [2.05, 4.69) is 17.6 Å². The standard InChI is InChI=1S/C13H22N2O5/c1-2-8-5-6-14-10(7-8)12(18)15-9(13(19)20)3-4-11(16)17/h8-10,14H,2-7H2,1H3,(H,15,18)(H,16,17)(H,19,20)/t8?,9-,10?/m0/s1. The Morgan fingerprint density at radius 1 is 1.35 bits per heavy atom. The van der Waals surface area contributed by atoms with Crippen molar-refractivity contribution in [2.45, 2.75) is 51.1 Å². The molecule has 4 N–H and O–H groups in total. The van der Waals surface area contributed by atoms with E-state index in [0.29, 0.717) is 12.3 Å². The molecule has 0 aromatic carbocycles. The van der Waals surface area contributed by atoms with Crippen molar-refractivity contribution in [1.29, 1.82) is 0 Å². The summed E-state index contributed by atoms with van der Waals surface area (Å²) in [5.74, 6) is -2.18. The zero-order valence-electron chi connectivity index (χ0n) is 11.6. The number of carbonyl (C=O) groups excluding carboxylic acids is 1. The maximum absolute atomic E-state index is 12.0. The number of amides is 1. The van der Waals surface area contributed by atoms with Crippen molar-refractivity contribution in [2.24, 2.45) is 5.92 Å². The first-order valence-corrected chi connectivity index (χ1v) is 6.92. The number of hydrogen-bond acceptors (Lipinski definition) is 4. The van der Waals surface area contributed by atoms with Crippen LogP contribution >= 0.6 is 0 Å². The third-order valence-corrected chi connectivity index (χ3v) is 3.67. The Morgan fingerprint density at radius 2 is 2.05 bits per heavy atom. The largest absolute Gasteiger partial charge is 0.481 e. The molecule has 1 saturated heterocycles. The molecule has 1 amide bonds. The lowest BCUT2D eigenvalue weighted by atomic mass is 9.90. The van der Waals surface area contributed by atoms with Gasteiger partial charge < -0.3 is 20.8 Å². The minimum Gasteiger partial charge on any atom is -0.481 e. The normalized spacial score (nSPS) is 23.9. The van der Waals surface area contributed by atoms with Crippen LogP contribution in [0.15, 0.2) is 0 Å². The topological polar surface area (TPSA) is 116 Å². The average Bonchev–Trinajstić information content (AvgIpc) is 2.42. The molecule has 0 aromatic rings. The first-order valence-electron chi connectivity index (χ1n) is 6.92. The third kappa shape index (κ3) is 5.16. The lowest BCUT2D eigenvalue weighted by Crippen LogP contribution is -2.52. The predicted molar refractivity (Wildman–Crippen MR) is 71.2 cm³/mol. The molecular formula is C13H22N2O5. The minimum atomic E-state index is -1.21. The maximum atomic E-state index is 12.0. The van der Waals surface area contributed by atoms with Gasteiger partial charge in [-0.25, -0.2) is 4.79 Å². The summed E-state index contributed by atoms with van der Waals surface area (Å²) in [5, 5.41) is 23.1. The quantitative estimate of drug-likeness (QED) is 0.531. The molecule has 0 radical (unpaired) electrons. The summed E-state index contributed by atoms with van der Waals surface area (Å²) in [5.41, 5.74) is 0. The summed E-state index contributed by atoms with van der Waals surface area (Å²) in [6.07, 6.45) is 2.30. The number of carboxylic acid groups (broad SMARTS) is 2. The van der Waals surface area contributed by atoms with Crippen molar-refractivity contribution >= 4 is 17.8 Å². The number of rotatable bonds is 7. The van der Waals surface area contributed by atoms with Gasteiger partial charge in [0, 0.05) is 6.42 Å². The molecule has 0 saturated carbocycles. The summed E-state index contributed by atoms with van der Waals surface area (Å²) in [7, 11) is 0. The van der Waals surface area contributed by atoms with E-state index in [1.807, 2.05) is 0 Å². The first-order chi connectivity index (χ1) is 9.43. The van der Waals surface area contributed by atoms with Crippen molar-refractivity contribution in [3.63, 3.8) is 0 Å². The van der Waals surface area contributed by atoms with Crippen LogP contribution < -0.4 is 10.6 Å². The van der Waals surface area contributed by atoms with Gasteiger partial charge >= 0.3 is 11.9 Å². The maximum Gasteiger partial charge on any atom is 0.326 e. The highest BCUT2D eigenvalue weighted by atomic mass is 16.4. The van der Waals surface area contributed by atoms with Crippen LogP contribution in [0.3, 0.4) is 0 Å². The number of nitrogens with one attached hydrogen (secondary N) is 2. The van der Waals surface area contributed by atoms with Gasteiger partial charge in [0.05, 0.1) is 6.04 Å². The monoisotopic (exact) mass is 286 g/mol. The molecule has 0 bridgehead atoms. The van der Waals surface area contributed by atoms with E-state index in [1.54, 1.807) is 0 Å². The van der Waals surface area contributed by atoms with Gasteiger partial charge in [-0.05, 0) is 31.7 Å². The molecule has 1 aliphatic heterocycles. The van der Waals surface area contributed by atoms with Crippen molar-refractivity contribution < 1.29 is 24.6 Å². The summed E-state index contributed by atoms with van der Waals surface area (Å²) in [6, 6.07) is -1.54. The summed E-state index contributed by atoms with van der Waals surface area (Å²) < 4.78 is 0. The fourth-order valence-electron chi connectivity index (χ4n) is 2.36. The van der Waals surface area contributed by atoms with Gasteiger partial charge in [0.15, 0.2) is 0 Å². The predicted octanol–water partition coefficient (Wildman–Crippen LogP) is 0.199. The van der Waals surface area contributed by atoms with Crippen LogP contribution in [0.25, 0.3) is 0 Å². The molecule has 114 valence electrons. The molecule has 20 heavy (non-hydrogen) atoms. The van der Waals surface area contributed by atoms with Crippen molar-refractivity contribution in [3.8, 4) is 0 Å². The number of aliphatic carboxylic acids is 2. The van der Waals surface area contributed by atoms with E-state index in [4.69, 9.17) is 10.2 Å². The molecule has 0 aromatic heterocycles. The fourth-order valence-corrected chi connectivity index (χ4v) is 2.36. The van der Waals surface area contributed by atoms with Gasteiger partial charge in [0.1, 0.15) is 6.04 Å². The highest BCUT2D eigenvalue weighted by Crippen LogP contribution is 2.19. The molecule has 0 spiro atoms. The second kappa shape index (κ2) is 7.84. The van der Waals surface area contributed by atoms with Gasteiger partial charge in [-0.15, -0.1) is 0 Å². The van der Waals surface area contributed by atoms with E-state index in [9.17, 15) is 14.4 Å². The van der Waals surface area contributed by atoms with E-state index >= 15 is 0 Å².